The van der Waals surface area contributed by atoms with Crippen LogP contribution < -0.4 is 0 Å². The molecule has 19 heavy (non-hydrogen) atoms. The Morgan fingerprint density at radius 3 is 2.79 bits per heavy atom. The molecular formula is C14H18N4O. The zero-order chi connectivity index (χ0) is 13.2. The molecule has 1 aliphatic rings. The van der Waals surface area contributed by atoms with Crippen molar-refractivity contribution in [2.45, 2.75) is 32.5 Å². The molecule has 1 aromatic heterocycles. The summed E-state index contributed by atoms with van der Waals surface area (Å²) in [7, 11) is 0. The largest absolute Gasteiger partial charge is 0.508 e. The number of hydrogen-bond donors (Lipinski definition) is 1. The second kappa shape index (κ2) is 5.01. The molecule has 5 heteroatoms. The molecule has 0 saturated heterocycles. The van der Waals surface area contributed by atoms with Gasteiger partial charge in [0.2, 0.25) is 0 Å². The van der Waals surface area contributed by atoms with Gasteiger partial charge < -0.3 is 9.67 Å². The topological polar surface area (TPSA) is 54.2 Å². The zero-order valence-corrected chi connectivity index (χ0v) is 11.0. The van der Waals surface area contributed by atoms with Crippen molar-refractivity contribution in [3.8, 4) is 5.75 Å². The maximum Gasteiger partial charge on any atom is 0.147 e. The molecule has 0 radical (unpaired) electrons. The molecule has 0 bridgehead atoms. The Morgan fingerprint density at radius 2 is 2.05 bits per heavy atom. The Hall–Kier alpha value is -1.88. The number of rotatable bonds is 3. The lowest BCUT2D eigenvalue weighted by atomic mass is 10.0. The maximum absolute atomic E-state index is 9.39. The Morgan fingerprint density at radius 1 is 1.26 bits per heavy atom. The predicted molar refractivity (Wildman–Crippen MR) is 71.6 cm³/mol. The van der Waals surface area contributed by atoms with Crippen LogP contribution in [0.2, 0.25) is 0 Å². The fraction of sp³-hybridized carbons (Fsp3) is 0.429. The molecule has 100 valence electrons. The summed E-state index contributed by atoms with van der Waals surface area (Å²) >= 11 is 0. The van der Waals surface area contributed by atoms with E-state index in [0.717, 1.165) is 31.9 Å². The van der Waals surface area contributed by atoms with Crippen molar-refractivity contribution in [1.82, 2.24) is 19.7 Å². The summed E-state index contributed by atoms with van der Waals surface area (Å²) in [6, 6.07) is 7.88. The van der Waals surface area contributed by atoms with Crippen molar-refractivity contribution in [2.24, 2.45) is 0 Å². The smallest absolute Gasteiger partial charge is 0.147 e. The summed E-state index contributed by atoms with van der Waals surface area (Å²) in [5, 5.41) is 17.5. The molecule has 3 rings (SSSR count). The number of nitrogens with zero attached hydrogens (tertiary/aromatic N) is 4. The van der Waals surface area contributed by atoms with E-state index < -0.39 is 0 Å². The van der Waals surface area contributed by atoms with Gasteiger partial charge in [0.1, 0.15) is 17.9 Å². The first-order chi connectivity index (χ1) is 9.28. The fourth-order valence-electron chi connectivity index (χ4n) is 2.75. The summed E-state index contributed by atoms with van der Waals surface area (Å²) < 4.78 is 2.11. The molecule has 0 fully saturated rings. The van der Waals surface area contributed by atoms with Gasteiger partial charge in [-0.25, -0.2) is 0 Å². The molecule has 2 aromatic rings. The van der Waals surface area contributed by atoms with Gasteiger partial charge in [0, 0.05) is 19.1 Å². The molecule has 0 aliphatic carbocycles. The van der Waals surface area contributed by atoms with Crippen LogP contribution in [0.4, 0.5) is 0 Å². The van der Waals surface area contributed by atoms with Crippen molar-refractivity contribution >= 4 is 0 Å². The number of hydrogen-bond acceptors (Lipinski definition) is 4. The summed E-state index contributed by atoms with van der Waals surface area (Å²) in [5.41, 5.74) is 1.24. The maximum atomic E-state index is 9.39. The minimum atomic E-state index is 0.317. The highest BCUT2D eigenvalue weighted by molar-refractivity contribution is 5.28. The highest BCUT2D eigenvalue weighted by Crippen LogP contribution is 2.28. The van der Waals surface area contributed by atoms with Gasteiger partial charge in [-0.2, -0.15) is 0 Å². The average molecular weight is 258 g/mol. The lowest BCUT2D eigenvalue weighted by Crippen LogP contribution is -2.36. The molecule has 1 aliphatic heterocycles. The predicted octanol–water partition coefficient (Wildman–Crippen LogP) is 1.95. The normalized spacial score (nSPS) is 17.1. The first kappa shape index (κ1) is 12.2. The van der Waals surface area contributed by atoms with E-state index in [2.05, 4.69) is 26.6 Å². The molecule has 1 atom stereocenters. The van der Waals surface area contributed by atoms with Gasteiger partial charge in [-0.15, -0.1) is 10.2 Å². The van der Waals surface area contributed by atoms with Crippen molar-refractivity contribution in [1.29, 1.82) is 0 Å². The van der Waals surface area contributed by atoms with Gasteiger partial charge in [-0.05, 0) is 24.1 Å². The fourth-order valence-corrected chi connectivity index (χ4v) is 2.75. The van der Waals surface area contributed by atoms with Gasteiger partial charge in [0.15, 0.2) is 0 Å². The third-order valence-corrected chi connectivity index (χ3v) is 3.77. The summed E-state index contributed by atoms with van der Waals surface area (Å²) in [6.07, 6.45) is 2.84. The van der Waals surface area contributed by atoms with E-state index in [1.807, 2.05) is 12.1 Å². The molecule has 1 unspecified atom stereocenters. The number of aromatic nitrogens is 3. The van der Waals surface area contributed by atoms with E-state index in [0.29, 0.717) is 11.8 Å². The van der Waals surface area contributed by atoms with Crippen LogP contribution in [0.15, 0.2) is 30.6 Å². The third-order valence-electron chi connectivity index (χ3n) is 3.77. The zero-order valence-electron chi connectivity index (χ0n) is 11.0. The van der Waals surface area contributed by atoms with Gasteiger partial charge >= 0.3 is 0 Å². The minimum absolute atomic E-state index is 0.317. The highest BCUT2D eigenvalue weighted by atomic mass is 16.3. The molecule has 0 amide bonds. The standard InChI is InChI=1S/C14H18N4O/c1-2-13(11-3-5-12(19)6-4-11)17-7-8-18-10-15-16-14(18)9-17/h3-6,10,13,19H,2,7-9H2,1H3. The summed E-state index contributed by atoms with van der Waals surface area (Å²) in [4.78, 5) is 2.43. The monoisotopic (exact) mass is 258 g/mol. The van der Waals surface area contributed by atoms with E-state index in [-0.39, 0.29) is 0 Å². The molecule has 1 N–H and O–H groups in total. The molecule has 5 nitrogen and oxygen atoms in total. The number of phenolic OH excluding ortho intramolecular Hbond substituents is 1. The number of fused-ring (bicyclic) bond motifs is 1. The third kappa shape index (κ3) is 2.33. The van der Waals surface area contributed by atoms with E-state index in [1.165, 1.54) is 5.56 Å². The summed E-state index contributed by atoms with van der Waals surface area (Å²) in [5.74, 6) is 1.35. The average Bonchev–Trinajstić information content (AvgIpc) is 2.89. The van der Waals surface area contributed by atoms with Crippen molar-refractivity contribution in [3.63, 3.8) is 0 Å². The Labute approximate surface area is 112 Å². The van der Waals surface area contributed by atoms with Crippen LogP contribution in [0, 0.1) is 0 Å². The van der Waals surface area contributed by atoms with Gasteiger partial charge in [0.05, 0.1) is 6.54 Å². The van der Waals surface area contributed by atoms with Gasteiger partial charge in [-0.3, -0.25) is 4.90 Å². The minimum Gasteiger partial charge on any atom is -0.508 e. The van der Waals surface area contributed by atoms with Crippen LogP contribution in [0.1, 0.15) is 30.8 Å². The van der Waals surface area contributed by atoms with Crippen LogP contribution in [-0.4, -0.2) is 31.3 Å². The molecule has 2 heterocycles. The Kier molecular flexibility index (Phi) is 3.21. The van der Waals surface area contributed by atoms with E-state index in [4.69, 9.17) is 0 Å². The second-order valence-corrected chi connectivity index (χ2v) is 4.93. The molecule has 0 saturated carbocycles. The van der Waals surface area contributed by atoms with Gasteiger partial charge in [0.25, 0.3) is 0 Å². The molecule has 0 spiro atoms. The molecular weight excluding hydrogens is 240 g/mol. The number of phenols is 1. The molecule has 1 aromatic carbocycles. The van der Waals surface area contributed by atoms with E-state index in [1.54, 1.807) is 18.5 Å². The van der Waals surface area contributed by atoms with Crippen LogP contribution in [0.3, 0.4) is 0 Å². The van der Waals surface area contributed by atoms with Crippen molar-refractivity contribution < 1.29 is 5.11 Å². The van der Waals surface area contributed by atoms with Gasteiger partial charge in [-0.1, -0.05) is 19.1 Å². The Bertz CT molecular complexity index is 549. The van der Waals surface area contributed by atoms with Crippen LogP contribution in [-0.2, 0) is 13.1 Å². The first-order valence-electron chi connectivity index (χ1n) is 6.67. The van der Waals surface area contributed by atoms with E-state index in [9.17, 15) is 5.11 Å². The number of benzene rings is 1. The first-order valence-corrected chi connectivity index (χ1v) is 6.67. The van der Waals surface area contributed by atoms with Crippen LogP contribution in [0.25, 0.3) is 0 Å². The van der Waals surface area contributed by atoms with Crippen molar-refractivity contribution in [3.05, 3.63) is 42.0 Å². The van der Waals surface area contributed by atoms with E-state index >= 15 is 0 Å². The lowest BCUT2D eigenvalue weighted by molar-refractivity contribution is 0.148. The second-order valence-electron chi connectivity index (χ2n) is 4.93. The summed E-state index contributed by atoms with van der Waals surface area (Å²) in [6.45, 7) is 4.97. The Balaban J connectivity index is 1.82. The van der Waals surface area contributed by atoms with Crippen LogP contribution in [0.5, 0.6) is 5.75 Å². The van der Waals surface area contributed by atoms with Crippen molar-refractivity contribution in [2.75, 3.05) is 6.54 Å². The lowest BCUT2D eigenvalue weighted by Gasteiger charge is -2.34. The SMILES string of the molecule is CCC(c1ccc(O)cc1)N1CCn2cnnc2C1. The highest BCUT2D eigenvalue weighted by Gasteiger charge is 2.24. The number of aromatic hydroxyl groups is 1. The van der Waals surface area contributed by atoms with Crippen LogP contribution >= 0.6 is 0 Å². The quantitative estimate of drug-likeness (QED) is 0.914.